The number of carbonyl (C=O) groups is 1. The predicted molar refractivity (Wildman–Crippen MR) is 76.5 cm³/mol. The van der Waals surface area contributed by atoms with Crippen molar-refractivity contribution in [2.45, 2.75) is 32.9 Å². The summed E-state index contributed by atoms with van der Waals surface area (Å²) in [6.07, 6.45) is 2.65. The highest BCUT2D eigenvalue weighted by molar-refractivity contribution is 5.85. The van der Waals surface area contributed by atoms with Gasteiger partial charge in [0.2, 0.25) is 5.91 Å². The minimum Gasteiger partial charge on any atom is -0.352 e. The number of aromatic nitrogens is 1. The van der Waals surface area contributed by atoms with Gasteiger partial charge in [0, 0.05) is 35.3 Å². The molecule has 6 nitrogen and oxygen atoms in total. The lowest BCUT2D eigenvalue weighted by Crippen LogP contribution is -2.34. The zero-order valence-electron chi connectivity index (χ0n) is 11.5. The van der Waals surface area contributed by atoms with Crippen molar-refractivity contribution in [1.29, 1.82) is 0 Å². The van der Waals surface area contributed by atoms with Crippen LogP contribution in [0.2, 0.25) is 0 Å². The Balaban J connectivity index is 2.19. The molecule has 1 aromatic heterocycles. The number of fused-ring (bicyclic) bond motifs is 1. The van der Waals surface area contributed by atoms with E-state index in [2.05, 4.69) is 5.32 Å². The van der Waals surface area contributed by atoms with Crippen molar-refractivity contribution < 1.29 is 9.72 Å². The third-order valence-electron chi connectivity index (χ3n) is 3.30. The van der Waals surface area contributed by atoms with E-state index in [0.717, 1.165) is 17.3 Å². The lowest BCUT2D eigenvalue weighted by Gasteiger charge is -2.12. The van der Waals surface area contributed by atoms with Gasteiger partial charge in [0.05, 0.1) is 4.92 Å². The predicted octanol–water partition coefficient (Wildman–Crippen LogP) is 2.46. The third kappa shape index (κ3) is 2.96. The van der Waals surface area contributed by atoms with Crippen LogP contribution in [-0.2, 0) is 11.3 Å². The Bertz CT molecular complexity index is 648. The van der Waals surface area contributed by atoms with Gasteiger partial charge in [-0.1, -0.05) is 6.92 Å². The summed E-state index contributed by atoms with van der Waals surface area (Å²) in [4.78, 5) is 22.2. The average molecular weight is 275 g/mol. The van der Waals surface area contributed by atoms with Gasteiger partial charge in [-0.2, -0.15) is 0 Å². The fourth-order valence-corrected chi connectivity index (χ4v) is 2.02. The highest BCUT2D eigenvalue weighted by atomic mass is 16.6. The molecule has 0 spiro atoms. The Morgan fingerprint density at radius 1 is 1.45 bits per heavy atom. The number of nitrogens with zero attached hydrogens (tertiary/aromatic N) is 2. The minimum absolute atomic E-state index is 0.0549. The number of nitro groups is 1. The van der Waals surface area contributed by atoms with Crippen molar-refractivity contribution in [2.24, 2.45) is 0 Å². The van der Waals surface area contributed by atoms with Crippen LogP contribution >= 0.6 is 0 Å². The van der Waals surface area contributed by atoms with Crippen LogP contribution in [-0.4, -0.2) is 21.4 Å². The first-order chi connectivity index (χ1) is 9.51. The topological polar surface area (TPSA) is 77.2 Å². The molecule has 0 aliphatic heterocycles. The number of non-ortho nitro benzene ring substituents is 1. The van der Waals surface area contributed by atoms with E-state index < -0.39 is 4.92 Å². The SMILES string of the molecule is CCC(C)NC(=O)Cn1ccc2cc([N+](=O)[O-])ccc21. The molecule has 0 bridgehead atoms. The van der Waals surface area contributed by atoms with Crippen LogP contribution in [0.15, 0.2) is 30.5 Å². The van der Waals surface area contributed by atoms with Crippen LogP contribution in [0, 0.1) is 10.1 Å². The number of hydrogen-bond donors (Lipinski definition) is 1. The van der Waals surface area contributed by atoms with Crippen LogP contribution in [0.25, 0.3) is 10.9 Å². The molecule has 1 heterocycles. The quantitative estimate of drug-likeness (QED) is 0.672. The molecular weight excluding hydrogens is 258 g/mol. The summed E-state index contributed by atoms with van der Waals surface area (Å²) in [6, 6.07) is 6.55. The number of nitro benzene ring substituents is 1. The molecule has 1 aromatic carbocycles. The van der Waals surface area contributed by atoms with E-state index in [1.54, 1.807) is 22.9 Å². The molecule has 2 aromatic rings. The fraction of sp³-hybridized carbons (Fsp3) is 0.357. The standard InChI is InChI=1S/C14H17N3O3/c1-3-10(2)15-14(18)9-16-7-6-11-8-12(17(19)20)4-5-13(11)16/h4-8,10H,3,9H2,1-2H3,(H,15,18). The summed E-state index contributed by atoms with van der Waals surface area (Å²) in [5, 5.41) is 14.4. The molecule has 106 valence electrons. The van der Waals surface area contributed by atoms with Crippen molar-refractivity contribution in [3.05, 3.63) is 40.6 Å². The average Bonchev–Trinajstić information content (AvgIpc) is 2.80. The van der Waals surface area contributed by atoms with E-state index in [-0.39, 0.29) is 24.2 Å². The van der Waals surface area contributed by atoms with Crippen LogP contribution in [0.4, 0.5) is 5.69 Å². The first kappa shape index (κ1) is 14.0. The molecule has 6 heteroatoms. The molecule has 1 N–H and O–H groups in total. The van der Waals surface area contributed by atoms with Gasteiger partial charge in [-0.05, 0) is 25.5 Å². The summed E-state index contributed by atoms with van der Waals surface area (Å²) < 4.78 is 1.79. The summed E-state index contributed by atoms with van der Waals surface area (Å²) in [6.45, 7) is 4.18. The van der Waals surface area contributed by atoms with Gasteiger partial charge >= 0.3 is 0 Å². The second kappa shape index (κ2) is 5.73. The highest BCUT2D eigenvalue weighted by Gasteiger charge is 2.11. The molecule has 0 aliphatic carbocycles. The molecule has 0 saturated carbocycles. The maximum Gasteiger partial charge on any atom is 0.270 e. The summed E-state index contributed by atoms with van der Waals surface area (Å²) in [5.41, 5.74) is 0.870. The molecule has 2 rings (SSSR count). The molecule has 0 radical (unpaired) electrons. The van der Waals surface area contributed by atoms with Crippen molar-refractivity contribution in [2.75, 3.05) is 0 Å². The Kier molecular flexibility index (Phi) is 4.02. The molecule has 0 aliphatic rings. The summed E-state index contributed by atoms with van der Waals surface area (Å²) in [7, 11) is 0. The van der Waals surface area contributed by atoms with Crippen molar-refractivity contribution in [3.63, 3.8) is 0 Å². The van der Waals surface area contributed by atoms with E-state index in [1.807, 2.05) is 13.8 Å². The zero-order valence-corrected chi connectivity index (χ0v) is 11.5. The molecule has 1 unspecified atom stereocenters. The van der Waals surface area contributed by atoms with E-state index in [0.29, 0.717) is 0 Å². The van der Waals surface area contributed by atoms with E-state index in [4.69, 9.17) is 0 Å². The molecule has 20 heavy (non-hydrogen) atoms. The summed E-state index contributed by atoms with van der Waals surface area (Å²) >= 11 is 0. The van der Waals surface area contributed by atoms with Crippen molar-refractivity contribution in [1.82, 2.24) is 9.88 Å². The number of amides is 1. The maximum atomic E-state index is 11.9. The minimum atomic E-state index is -0.424. The van der Waals surface area contributed by atoms with Gasteiger partial charge in [-0.15, -0.1) is 0 Å². The first-order valence-electron chi connectivity index (χ1n) is 6.54. The third-order valence-corrected chi connectivity index (χ3v) is 3.30. The zero-order chi connectivity index (χ0) is 14.7. The normalized spacial score (nSPS) is 12.3. The van der Waals surface area contributed by atoms with Crippen LogP contribution < -0.4 is 5.32 Å². The number of rotatable bonds is 5. The first-order valence-corrected chi connectivity index (χ1v) is 6.54. The molecule has 1 atom stereocenters. The summed E-state index contributed by atoms with van der Waals surface area (Å²) in [5.74, 6) is -0.0600. The molecule has 1 amide bonds. The van der Waals surface area contributed by atoms with E-state index in [9.17, 15) is 14.9 Å². The Hall–Kier alpha value is -2.37. The lowest BCUT2D eigenvalue weighted by molar-refractivity contribution is -0.384. The van der Waals surface area contributed by atoms with Crippen molar-refractivity contribution in [3.8, 4) is 0 Å². The van der Waals surface area contributed by atoms with Gasteiger partial charge in [0.25, 0.3) is 5.69 Å². The van der Waals surface area contributed by atoms with Crippen LogP contribution in [0.5, 0.6) is 0 Å². The second-order valence-electron chi connectivity index (χ2n) is 4.82. The second-order valence-corrected chi connectivity index (χ2v) is 4.82. The van der Waals surface area contributed by atoms with Crippen molar-refractivity contribution >= 4 is 22.5 Å². The van der Waals surface area contributed by atoms with Crippen LogP contribution in [0.1, 0.15) is 20.3 Å². The Morgan fingerprint density at radius 3 is 2.85 bits per heavy atom. The number of benzene rings is 1. The molecule has 0 fully saturated rings. The van der Waals surface area contributed by atoms with E-state index >= 15 is 0 Å². The van der Waals surface area contributed by atoms with Crippen LogP contribution in [0.3, 0.4) is 0 Å². The number of nitrogens with one attached hydrogen (secondary N) is 1. The van der Waals surface area contributed by atoms with Gasteiger partial charge in [0.15, 0.2) is 0 Å². The number of carbonyl (C=O) groups excluding carboxylic acids is 1. The Labute approximate surface area is 116 Å². The van der Waals surface area contributed by atoms with E-state index in [1.165, 1.54) is 12.1 Å². The van der Waals surface area contributed by atoms with Gasteiger partial charge < -0.3 is 9.88 Å². The Morgan fingerprint density at radius 2 is 2.20 bits per heavy atom. The monoisotopic (exact) mass is 275 g/mol. The smallest absolute Gasteiger partial charge is 0.270 e. The maximum absolute atomic E-state index is 11.9. The van der Waals surface area contributed by atoms with Gasteiger partial charge in [0.1, 0.15) is 6.54 Å². The fourth-order valence-electron chi connectivity index (χ4n) is 2.02. The van der Waals surface area contributed by atoms with Gasteiger partial charge in [-0.25, -0.2) is 0 Å². The highest BCUT2D eigenvalue weighted by Crippen LogP contribution is 2.21. The largest absolute Gasteiger partial charge is 0.352 e. The van der Waals surface area contributed by atoms with Gasteiger partial charge in [-0.3, -0.25) is 14.9 Å². The number of hydrogen-bond acceptors (Lipinski definition) is 3. The molecular formula is C14H17N3O3. The molecule has 0 saturated heterocycles. The lowest BCUT2D eigenvalue weighted by atomic mass is 10.2.